The van der Waals surface area contributed by atoms with Gasteiger partial charge in [-0.3, -0.25) is 9.59 Å². The minimum absolute atomic E-state index is 0.0261. The number of benzene rings is 3. The SMILES string of the molecule is CC1=NN(c2ccccc2)C(=O)C1C(CC(=O)c1ccccc1)c1ccccc1. The minimum atomic E-state index is -0.467. The fraction of sp³-hybridized carbons (Fsp3) is 0.160. The third kappa shape index (κ3) is 3.87. The van der Waals surface area contributed by atoms with Gasteiger partial charge in [-0.1, -0.05) is 78.9 Å². The molecule has 1 amide bonds. The number of rotatable bonds is 6. The lowest BCUT2D eigenvalue weighted by molar-refractivity contribution is -0.120. The summed E-state index contributed by atoms with van der Waals surface area (Å²) in [5.74, 6) is -0.805. The second kappa shape index (κ2) is 8.23. The van der Waals surface area contributed by atoms with Crippen molar-refractivity contribution < 1.29 is 9.59 Å². The molecule has 0 aromatic heterocycles. The Kier molecular flexibility index (Phi) is 5.34. The third-order valence-electron chi connectivity index (χ3n) is 5.31. The van der Waals surface area contributed by atoms with Gasteiger partial charge >= 0.3 is 0 Å². The molecule has 0 fully saturated rings. The standard InChI is InChI=1S/C25H22N2O2/c1-18-24(25(29)27(26-18)21-15-9-4-10-16-21)22(19-11-5-2-6-12-19)17-23(28)20-13-7-3-8-14-20/h2-16,22,24H,17H2,1H3. The van der Waals surface area contributed by atoms with Crippen molar-refractivity contribution in [3.05, 3.63) is 102 Å². The number of nitrogens with zero attached hydrogens (tertiary/aromatic N) is 2. The second-order valence-corrected chi connectivity index (χ2v) is 7.22. The summed E-state index contributed by atoms with van der Waals surface area (Å²) in [6.45, 7) is 1.87. The van der Waals surface area contributed by atoms with Gasteiger partial charge in [0.1, 0.15) is 0 Å². The molecule has 0 saturated carbocycles. The van der Waals surface area contributed by atoms with Crippen molar-refractivity contribution >= 4 is 23.1 Å². The molecule has 0 radical (unpaired) electrons. The van der Waals surface area contributed by atoms with E-state index in [2.05, 4.69) is 5.10 Å². The van der Waals surface area contributed by atoms with Gasteiger partial charge in [0.2, 0.25) is 0 Å². The highest BCUT2D eigenvalue weighted by Gasteiger charge is 2.41. The topological polar surface area (TPSA) is 49.7 Å². The lowest BCUT2D eigenvalue weighted by Gasteiger charge is -2.23. The van der Waals surface area contributed by atoms with E-state index in [0.717, 1.165) is 17.0 Å². The quantitative estimate of drug-likeness (QED) is 0.558. The highest BCUT2D eigenvalue weighted by Crippen LogP contribution is 2.36. The molecule has 4 rings (SSSR count). The van der Waals surface area contributed by atoms with Crippen LogP contribution in [0.4, 0.5) is 5.69 Å². The van der Waals surface area contributed by atoms with Crippen LogP contribution >= 0.6 is 0 Å². The minimum Gasteiger partial charge on any atom is -0.294 e. The summed E-state index contributed by atoms with van der Waals surface area (Å²) < 4.78 is 0. The maximum Gasteiger partial charge on any atom is 0.256 e. The molecular formula is C25H22N2O2. The van der Waals surface area contributed by atoms with Crippen molar-refractivity contribution in [3.63, 3.8) is 0 Å². The van der Waals surface area contributed by atoms with E-state index >= 15 is 0 Å². The first-order valence-corrected chi connectivity index (χ1v) is 9.72. The fourth-order valence-electron chi connectivity index (χ4n) is 3.87. The molecule has 3 aromatic rings. The fourth-order valence-corrected chi connectivity index (χ4v) is 3.87. The molecule has 3 aromatic carbocycles. The predicted molar refractivity (Wildman–Crippen MR) is 115 cm³/mol. The summed E-state index contributed by atoms with van der Waals surface area (Å²) in [5.41, 5.74) is 3.10. The number of carbonyl (C=O) groups is 2. The van der Waals surface area contributed by atoms with Crippen LogP contribution in [0.1, 0.15) is 35.2 Å². The Hall–Kier alpha value is -3.53. The van der Waals surface area contributed by atoms with E-state index in [1.807, 2.05) is 97.9 Å². The van der Waals surface area contributed by atoms with Gasteiger partial charge in [0, 0.05) is 23.6 Å². The number of Topliss-reactive ketones (excluding diaryl/α,β-unsaturated/α-hetero) is 1. The van der Waals surface area contributed by atoms with Crippen molar-refractivity contribution in [2.45, 2.75) is 19.3 Å². The largest absolute Gasteiger partial charge is 0.294 e. The van der Waals surface area contributed by atoms with E-state index < -0.39 is 5.92 Å². The van der Waals surface area contributed by atoms with Gasteiger partial charge in [-0.25, -0.2) is 5.01 Å². The van der Waals surface area contributed by atoms with Crippen LogP contribution in [0.3, 0.4) is 0 Å². The van der Waals surface area contributed by atoms with Gasteiger partial charge in [0.05, 0.1) is 11.6 Å². The summed E-state index contributed by atoms with van der Waals surface area (Å²) in [5, 5.41) is 6.00. The first kappa shape index (κ1) is 18.8. The number of hydrogen-bond donors (Lipinski definition) is 0. The Morgan fingerprint density at radius 3 is 2.07 bits per heavy atom. The average Bonchev–Trinajstić information content (AvgIpc) is 3.07. The van der Waals surface area contributed by atoms with E-state index in [9.17, 15) is 9.59 Å². The molecule has 4 nitrogen and oxygen atoms in total. The lowest BCUT2D eigenvalue weighted by atomic mass is 9.79. The van der Waals surface area contributed by atoms with Crippen LogP contribution < -0.4 is 5.01 Å². The molecule has 4 heteroatoms. The van der Waals surface area contributed by atoms with Crippen LogP contribution in [-0.2, 0) is 4.79 Å². The molecule has 0 bridgehead atoms. The highest BCUT2D eigenvalue weighted by atomic mass is 16.2. The predicted octanol–water partition coefficient (Wildman–Crippen LogP) is 5.08. The Balaban J connectivity index is 1.67. The van der Waals surface area contributed by atoms with Crippen LogP contribution in [0.5, 0.6) is 0 Å². The summed E-state index contributed by atoms with van der Waals surface area (Å²) in [7, 11) is 0. The normalized spacial score (nSPS) is 17.1. The summed E-state index contributed by atoms with van der Waals surface area (Å²) in [6.07, 6.45) is 0.250. The Morgan fingerprint density at radius 2 is 1.45 bits per heavy atom. The molecule has 144 valence electrons. The van der Waals surface area contributed by atoms with E-state index in [4.69, 9.17) is 0 Å². The zero-order chi connectivity index (χ0) is 20.2. The second-order valence-electron chi connectivity index (χ2n) is 7.22. The van der Waals surface area contributed by atoms with E-state index in [1.54, 1.807) is 0 Å². The number of anilines is 1. The molecular weight excluding hydrogens is 360 g/mol. The lowest BCUT2D eigenvalue weighted by Crippen LogP contribution is -2.32. The Morgan fingerprint density at radius 1 is 0.897 bits per heavy atom. The molecule has 2 atom stereocenters. The van der Waals surface area contributed by atoms with E-state index in [1.165, 1.54) is 5.01 Å². The number of carbonyl (C=O) groups excluding carboxylic acids is 2. The van der Waals surface area contributed by atoms with E-state index in [0.29, 0.717) is 5.56 Å². The van der Waals surface area contributed by atoms with Crippen molar-refractivity contribution in [1.29, 1.82) is 0 Å². The van der Waals surface area contributed by atoms with Crippen LogP contribution in [0.15, 0.2) is 96.1 Å². The smallest absolute Gasteiger partial charge is 0.256 e. The molecule has 0 spiro atoms. The molecule has 0 saturated heterocycles. The monoisotopic (exact) mass is 382 g/mol. The van der Waals surface area contributed by atoms with Crippen LogP contribution in [0.2, 0.25) is 0 Å². The molecule has 1 heterocycles. The van der Waals surface area contributed by atoms with E-state index in [-0.39, 0.29) is 24.0 Å². The molecule has 1 aliphatic rings. The van der Waals surface area contributed by atoms with Gasteiger partial charge in [0.25, 0.3) is 5.91 Å². The number of hydrogen-bond acceptors (Lipinski definition) is 3. The average molecular weight is 382 g/mol. The molecule has 29 heavy (non-hydrogen) atoms. The Bertz CT molecular complexity index is 1030. The van der Waals surface area contributed by atoms with Crippen LogP contribution in [0, 0.1) is 5.92 Å². The van der Waals surface area contributed by atoms with Crippen LogP contribution in [-0.4, -0.2) is 17.4 Å². The van der Waals surface area contributed by atoms with Crippen molar-refractivity contribution in [3.8, 4) is 0 Å². The zero-order valence-corrected chi connectivity index (χ0v) is 16.2. The van der Waals surface area contributed by atoms with Gasteiger partial charge < -0.3 is 0 Å². The zero-order valence-electron chi connectivity index (χ0n) is 16.2. The molecule has 0 N–H and O–H groups in total. The third-order valence-corrected chi connectivity index (χ3v) is 5.31. The number of ketones is 1. The van der Waals surface area contributed by atoms with Crippen LogP contribution in [0.25, 0.3) is 0 Å². The number of hydrazone groups is 1. The first-order valence-electron chi connectivity index (χ1n) is 9.72. The summed E-state index contributed by atoms with van der Waals surface area (Å²) in [6, 6.07) is 28.4. The van der Waals surface area contributed by atoms with Crippen molar-refractivity contribution in [1.82, 2.24) is 0 Å². The van der Waals surface area contributed by atoms with Crippen molar-refractivity contribution in [2.24, 2.45) is 11.0 Å². The number of para-hydroxylation sites is 1. The molecule has 0 aliphatic carbocycles. The number of amides is 1. The maximum atomic E-state index is 13.3. The van der Waals surface area contributed by atoms with Gasteiger partial charge in [-0.05, 0) is 24.6 Å². The first-order chi connectivity index (χ1) is 14.1. The Labute approximate surface area is 170 Å². The van der Waals surface area contributed by atoms with Gasteiger partial charge in [-0.15, -0.1) is 0 Å². The summed E-state index contributed by atoms with van der Waals surface area (Å²) >= 11 is 0. The summed E-state index contributed by atoms with van der Waals surface area (Å²) in [4.78, 5) is 26.3. The van der Waals surface area contributed by atoms with Gasteiger partial charge in [-0.2, -0.15) is 5.10 Å². The maximum absolute atomic E-state index is 13.3. The highest BCUT2D eigenvalue weighted by molar-refractivity contribution is 6.16. The molecule has 2 unspecified atom stereocenters. The van der Waals surface area contributed by atoms with Crippen molar-refractivity contribution in [2.75, 3.05) is 5.01 Å². The molecule has 1 aliphatic heterocycles. The van der Waals surface area contributed by atoms with Gasteiger partial charge in [0.15, 0.2) is 5.78 Å².